The molecule has 1 heterocycles. The van der Waals surface area contributed by atoms with Gasteiger partial charge in [0.15, 0.2) is 0 Å². The maximum atomic E-state index is 10.4. The number of piperazine rings is 1. The summed E-state index contributed by atoms with van der Waals surface area (Å²) >= 11 is 0. The molecule has 1 aliphatic carbocycles. The van der Waals surface area contributed by atoms with Crippen molar-refractivity contribution in [3.8, 4) is 17.9 Å². The van der Waals surface area contributed by atoms with E-state index in [0.29, 0.717) is 23.9 Å². The lowest BCUT2D eigenvalue weighted by Gasteiger charge is -2.44. The molecule has 0 amide bonds. The van der Waals surface area contributed by atoms with Crippen LogP contribution in [0, 0.1) is 22.7 Å². The van der Waals surface area contributed by atoms with E-state index in [1.54, 1.807) is 18.2 Å². The van der Waals surface area contributed by atoms with Gasteiger partial charge in [0, 0.05) is 38.8 Å². The fourth-order valence-electron chi connectivity index (χ4n) is 5.22. The third-order valence-electron chi connectivity index (χ3n) is 7.18. The van der Waals surface area contributed by atoms with Gasteiger partial charge in [-0.15, -0.1) is 0 Å². The average Bonchev–Trinajstić information content (AvgIpc) is 2.88. The minimum absolute atomic E-state index is 0.178. The van der Waals surface area contributed by atoms with E-state index in [2.05, 4.69) is 34.1 Å². The molecule has 4 rings (SSSR count). The predicted octanol–water partition coefficient (Wildman–Crippen LogP) is 3.32. The van der Waals surface area contributed by atoms with Crippen molar-refractivity contribution in [1.82, 2.24) is 9.80 Å². The van der Waals surface area contributed by atoms with Crippen LogP contribution in [-0.4, -0.2) is 66.4 Å². The van der Waals surface area contributed by atoms with E-state index in [0.717, 1.165) is 57.4 Å². The minimum Gasteiger partial charge on any atom is -0.489 e. The van der Waals surface area contributed by atoms with Gasteiger partial charge in [-0.1, -0.05) is 42.5 Å². The third-order valence-corrected chi connectivity index (χ3v) is 7.18. The number of para-hydroxylation sites is 1. The average molecular weight is 445 g/mol. The highest BCUT2D eigenvalue weighted by atomic mass is 16.5. The highest BCUT2D eigenvalue weighted by molar-refractivity contribution is 5.42. The lowest BCUT2D eigenvalue weighted by molar-refractivity contribution is 0.0285. The Morgan fingerprint density at radius 1 is 0.970 bits per heavy atom. The van der Waals surface area contributed by atoms with Gasteiger partial charge in [0.1, 0.15) is 24.5 Å². The van der Waals surface area contributed by atoms with Gasteiger partial charge >= 0.3 is 0 Å². The van der Waals surface area contributed by atoms with Crippen molar-refractivity contribution in [2.45, 2.75) is 43.2 Å². The zero-order chi connectivity index (χ0) is 23.1. The van der Waals surface area contributed by atoms with E-state index in [1.165, 1.54) is 0 Å². The molecule has 2 fully saturated rings. The summed E-state index contributed by atoms with van der Waals surface area (Å²) in [4.78, 5) is 4.85. The molecule has 2 aromatic rings. The summed E-state index contributed by atoms with van der Waals surface area (Å²) in [5.74, 6) is 0.519. The number of ether oxygens (including phenoxy) is 1. The number of hydrogen-bond acceptors (Lipinski definition) is 6. The van der Waals surface area contributed by atoms with Gasteiger partial charge in [-0.25, -0.2) is 0 Å². The lowest BCUT2D eigenvalue weighted by Crippen LogP contribution is -2.53. The smallest absolute Gasteiger partial charge is 0.137 e. The van der Waals surface area contributed by atoms with Crippen LogP contribution in [0.2, 0.25) is 0 Å². The van der Waals surface area contributed by atoms with Gasteiger partial charge in [0.05, 0.1) is 17.0 Å². The van der Waals surface area contributed by atoms with Crippen LogP contribution in [0.4, 0.5) is 0 Å². The van der Waals surface area contributed by atoms with Crippen LogP contribution in [0.25, 0.3) is 0 Å². The first kappa shape index (κ1) is 23.3. The fraction of sp³-hybridized carbons (Fsp3) is 0.481. The maximum Gasteiger partial charge on any atom is 0.137 e. The van der Waals surface area contributed by atoms with Crippen molar-refractivity contribution < 1.29 is 9.84 Å². The van der Waals surface area contributed by atoms with Gasteiger partial charge < -0.3 is 9.84 Å². The fourth-order valence-corrected chi connectivity index (χ4v) is 5.22. The van der Waals surface area contributed by atoms with Crippen LogP contribution in [0.1, 0.15) is 36.8 Å². The van der Waals surface area contributed by atoms with Crippen molar-refractivity contribution >= 4 is 0 Å². The third kappa shape index (κ3) is 5.54. The monoisotopic (exact) mass is 444 g/mol. The van der Waals surface area contributed by atoms with E-state index >= 15 is 0 Å². The SMILES string of the molecule is N#Cc1ccccc1OCC(O)CN1CCN(C2CCC(C#N)(c3ccccc3)CC2)CC1. The molecule has 0 bridgehead atoms. The molecule has 6 heteroatoms. The molecule has 1 atom stereocenters. The number of aliphatic hydroxyl groups excluding tert-OH is 1. The van der Waals surface area contributed by atoms with Gasteiger partial charge in [-0.2, -0.15) is 10.5 Å². The first-order chi connectivity index (χ1) is 16.1. The number of aliphatic hydroxyl groups is 1. The molecule has 1 saturated carbocycles. The van der Waals surface area contributed by atoms with Gasteiger partial charge in [0.25, 0.3) is 0 Å². The van der Waals surface area contributed by atoms with E-state index in [1.807, 2.05) is 24.3 Å². The molecule has 1 aliphatic heterocycles. The highest BCUT2D eigenvalue weighted by Crippen LogP contribution is 2.40. The summed E-state index contributed by atoms with van der Waals surface area (Å²) < 4.78 is 5.68. The first-order valence-corrected chi connectivity index (χ1v) is 11.9. The van der Waals surface area contributed by atoms with Crippen LogP contribution in [0.5, 0.6) is 5.75 Å². The summed E-state index contributed by atoms with van der Waals surface area (Å²) in [5, 5.41) is 29.5. The van der Waals surface area contributed by atoms with Crippen LogP contribution < -0.4 is 4.74 Å². The molecule has 0 radical (unpaired) electrons. The second-order valence-corrected chi connectivity index (χ2v) is 9.20. The normalized spacial score (nSPS) is 25.0. The summed E-state index contributed by atoms with van der Waals surface area (Å²) in [6, 6.07) is 22.6. The van der Waals surface area contributed by atoms with Crippen LogP contribution in [-0.2, 0) is 5.41 Å². The molecular formula is C27H32N4O2. The van der Waals surface area contributed by atoms with E-state index < -0.39 is 6.10 Å². The number of β-amino-alcohol motifs (C(OH)–C–C–N with tert-alkyl or cyclic N) is 1. The highest BCUT2D eigenvalue weighted by Gasteiger charge is 2.39. The molecule has 6 nitrogen and oxygen atoms in total. The van der Waals surface area contributed by atoms with E-state index in [9.17, 15) is 10.4 Å². The number of rotatable bonds is 7. The van der Waals surface area contributed by atoms with Crippen LogP contribution in [0.15, 0.2) is 54.6 Å². The second kappa shape index (κ2) is 10.8. The Morgan fingerprint density at radius 3 is 2.30 bits per heavy atom. The molecule has 2 aromatic carbocycles. The molecule has 0 spiro atoms. The second-order valence-electron chi connectivity index (χ2n) is 9.20. The first-order valence-electron chi connectivity index (χ1n) is 11.9. The Bertz CT molecular complexity index is 981. The Hall–Kier alpha value is -2.90. The standard InChI is InChI=1S/C27H32N4O2/c28-18-22-6-4-5-9-26(22)33-20-25(32)19-30-14-16-31(17-15-30)24-10-12-27(21-29,13-11-24)23-7-2-1-3-8-23/h1-9,24-25,32H,10-17,19-20H2. The number of nitrogens with zero attached hydrogens (tertiary/aromatic N) is 4. The zero-order valence-corrected chi connectivity index (χ0v) is 19.1. The number of hydrogen-bond donors (Lipinski definition) is 1. The van der Waals surface area contributed by atoms with Crippen molar-refractivity contribution in [3.05, 3.63) is 65.7 Å². The van der Waals surface area contributed by atoms with Crippen LogP contribution in [0.3, 0.4) is 0 Å². The van der Waals surface area contributed by atoms with E-state index in [4.69, 9.17) is 10.00 Å². The molecule has 1 saturated heterocycles. The predicted molar refractivity (Wildman–Crippen MR) is 127 cm³/mol. The summed E-state index contributed by atoms with van der Waals surface area (Å²) in [7, 11) is 0. The Morgan fingerprint density at radius 2 is 1.64 bits per heavy atom. The largest absolute Gasteiger partial charge is 0.489 e. The lowest BCUT2D eigenvalue weighted by atomic mass is 9.69. The summed E-state index contributed by atoms with van der Waals surface area (Å²) in [6.07, 6.45) is 3.34. The van der Waals surface area contributed by atoms with Gasteiger partial charge in [0.2, 0.25) is 0 Å². The zero-order valence-electron chi connectivity index (χ0n) is 19.1. The van der Waals surface area contributed by atoms with Gasteiger partial charge in [-0.3, -0.25) is 9.80 Å². The molecule has 33 heavy (non-hydrogen) atoms. The van der Waals surface area contributed by atoms with Crippen molar-refractivity contribution in [2.24, 2.45) is 0 Å². The Balaban J connectivity index is 1.21. The van der Waals surface area contributed by atoms with E-state index in [-0.39, 0.29) is 12.0 Å². The van der Waals surface area contributed by atoms with Crippen molar-refractivity contribution in [3.63, 3.8) is 0 Å². The molecule has 172 valence electrons. The Labute approximate surface area is 196 Å². The Kier molecular flexibility index (Phi) is 7.62. The van der Waals surface area contributed by atoms with Gasteiger partial charge in [-0.05, 0) is 43.4 Å². The maximum absolute atomic E-state index is 10.4. The number of benzene rings is 2. The molecule has 2 aliphatic rings. The molecule has 1 unspecified atom stereocenters. The summed E-state index contributed by atoms with van der Waals surface area (Å²) in [5.41, 5.74) is 1.30. The summed E-state index contributed by atoms with van der Waals surface area (Å²) in [6.45, 7) is 4.56. The molecule has 1 N–H and O–H groups in total. The van der Waals surface area contributed by atoms with Crippen molar-refractivity contribution in [1.29, 1.82) is 10.5 Å². The topological polar surface area (TPSA) is 83.5 Å². The minimum atomic E-state index is -0.597. The van der Waals surface area contributed by atoms with Crippen molar-refractivity contribution in [2.75, 3.05) is 39.3 Å². The number of nitriles is 2. The quantitative estimate of drug-likeness (QED) is 0.705. The molecular weight excluding hydrogens is 412 g/mol. The molecule has 0 aromatic heterocycles. The van der Waals surface area contributed by atoms with Crippen LogP contribution >= 0.6 is 0 Å².